The molecule has 0 amide bonds. The Morgan fingerprint density at radius 2 is 2.14 bits per heavy atom. The average Bonchev–Trinajstić information content (AvgIpc) is 2.72. The van der Waals surface area contributed by atoms with Crippen molar-refractivity contribution in [1.82, 2.24) is 10.2 Å². The molecule has 0 spiro atoms. The molecule has 1 aliphatic rings. The van der Waals surface area contributed by atoms with Crippen LogP contribution in [0.25, 0.3) is 0 Å². The van der Waals surface area contributed by atoms with Gasteiger partial charge in [0.15, 0.2) is 0 Å². The van der Waals surface area contributed by atoms with Crippen molar-refractivity contribution in [1.29, 1.82) is 0 Å². The van der Waals surface area contributed by atoms with Crippen molar-refractivity contribution >= 4 is 0 Å². The fourth-order valence-electron chi connectivity index (χ4n) is 2.02. The van der Waals surface area contributed by atoms with E-state index in [9.17, 15) is 0 Å². The van der Waals surface area contributed by atoms with E-state index in [1.807, 2.05) is 0 Å². The van der Waals surface area contributed by atoms with Crippen molar-refractivity contribution in [3.8, 4) is 0 Å². The summed E-state index contributed by atoms with van der Waals surface area (Å²) in [6, 6.07) is 11.4. The van der Waals surface area contributed by atoms with Crippen LogP contribution in [-0.2, 0) is 6.54 Å². The highest BCUT2D eigenvalue weighted by Crippen LogP contribution is 2.10. The van der Waals surface area contributed by atoms with E-state index in [2.05, 4.69) is 47.6 Å². The Balaban J connectivity index is 1.90. The minimum absolute atomic E-state index is 0.718. The van der Waals surface area contributed by atoms with Crippen molar-refractivity contribution in [3.63, 3.8) is 0 Å². The zero-order valence-corrected chi connectivity index (χ0v) is 8.74. The number of benzene rings is 1. The molecule has 1 aromatic carbocycles. The fourth-order valence-corrected chi connectivity index (χ4v) is 2.02. The zero-order chi connectivity index (χ0) is 9.80. The van der Waals surface area contributed by atoms with Crippen LogP contribution in [0.2, 0.25) is 0 Å². The molecular weight excluding hydrogens is 172 g/mol. The maximum absolute atomic E-state index is 3.40. The number of nitrogens with zero attached hydrogens (tertiary/aromatic N) is 1. The van der Waals surface area contributed by atoms with Gasteiger partial charge in [0.2, 0.25) is 0 Å². The molecule has 1 N–H and O–H groups in total. The number of hydrogen-bond acceptors (Lipinski definition) is 2. The van der Waals surface area contributed by atoms with Crippen molar-refractivity contribution in [2.24, 2.45) is 0 Å². The van der Waals surface area contributed by atoms with Crippen LogP contribution in [0.1, 0.15) is 12.0 Å². The normalized spacial score (nSPS) is 21.7. The molecule has 0 bridgehead atoms. The number of likely N-dealkylation sites (N-methyl/N-ethyl adjacent to an activating group) is 1. The summed E-state index contributed by atoms with van der Waals surface area (Å²) in [5.41, 5.74) is 1.40. The lowest BCUT2D eigenvalue weighted by molar-refractivity contribution is 0.249. The quantitative estimate of drug-likeness (QED) is 0.776. The van der Waals surface area contributed by atoms with E-state index in [-0.39, 0.29) is 0 Å². The highest BCUT2D eigenvalue weighted by atomic mass is 15.2. The van der Waals surface area contributed by atoms with E-state index in [0.717, 1.165) is 19.1 Å². The topological polar surface area (TPSA) is 15.3 Å². The SMILES string of the molecule is CN(Cc1ccccc1)C1CCNC1. The molecule has 1 unspecified atom stereocenters. The Morgan fingerprint density at radius 1 is 1.36 bits per heavy atom. The second-order valence-electron chi connectivity index (χ2n) is 4.05. The highest BCUT2D eigenvalue weighted by molar-refractivity contribution is 5.14. The van der Waals surface area contributed by atoms with Crippen LogP contribution in [0.4, 0.5) is 0 Å². The first-order valence-electron chi connectivity index (χ1n) is 5.31. The minimum atomic E-state index is 0.718. The lowest BCUT2D eigenvalue weighted by Crippen LogP contribution is -2.32. The molecule has 0 aliphatic carbocycles. The Kier molecular flexibility index (Phi) is 3.17. The first-order valence-corrected chi connectivity index (χ1v) is 5.31. The smallest absolute Gasteiger partial charge is 0.0234 e. The lowest BCUT2D eigenvalue weighted by atomic mass is 10.1. The first kappa shape index (κ1) is 9.69. The van der Waals surface area contributed by atoms with Gasteiger partial charge in [0, 0.05) is 19.1 Å². The summed E-state index contributed by atoms with van der Waals surface area (Å²) in [4.78, 5) is 2.44. The molecular formula is C12H18N2. The van der Waals surface area contributed by atoms with E-state index in [4.69, 9.17) is 0 Å². The highest BCUT2D eigenvalue weighted by Gasteiger charge is 2.18. The van der Waals surface area contributed by atoms with Crippen LogP contribution >= 0.6 is 0 Å². The molecule has 1 aromatic rings. The Hall–Kier alpha value is -0.860. The Labute approximate surface area is 85.9 Å². The van der Waals surface area contributed by atoms with Crippen LogP contribution < -0.4 is 5.32 Å². The van der Waals surface area contributed by atoms with Crippen LogP contribution in [-0.4, -0.2) is 31.1 Å². The minimum Gasteiger partial charge on any atom is -0.315 e. The van der Waals surface area contributed by atoms with E-state index in [1.165, 1.54) is 18.5 Å². The number of nitrogens with one attached hydrogen (secondary N) is 1. The molecule has 1 atom stereocenters. The molecule has 1 fully saturated rings. The maximum Gasteiger partial charge on any atom is 0.0234 e. The van der Waals surface area contributed by atoms with Crippen molar-refractivity contribution in [2.75, 3.05) is 20.1 Å². The third kappa shape index (κ3) is 2.34. The van der Waals surface area contributed by atoms with Crippen molar-refractivity contribution in [2.45, 2.75) is 19.0 Å². The molecule has 2 nitrogen and oxygen atoms in total. The van der Waals surface area contributed by atoms with Gasteiger partial charge in [-0.1, -0.05) is 30.3 Å². The first-order chi connectivity index (χ1) is 6.86. The molecule has 1 aliphatic heterocycles. The second-order valence-corrected chi connectivity index (χ2v) is 4.05. The van der Waals surface area contributed by atoms with Crippen molar-refractivity contribution in [3.05, 3.63) is 35.9 Å². The Bertz CT molecular complexity index is 265. The van der Waals surface area contributed by atoms with Gasteiger partial charge in [0.05, 0.1) is 0 Å². The third-order valence-electron chi connectivity index (χ3n) is 2.93. The summed E-state index contributed by atoms with van der Waals surface area (Å²) in [5, 5.41) is 3.40. The van der Waals surface area contributed by atoms with Crippen LogP contribution in [0.15, 0.2) is 30.3 Å². The molecule has 0 saturated carbocycles. The van der Waals surface area contributed by atoms with Gasteiger partial charge >= 0.3 is 0 Å². The van der Waals surface area contributed by atoms with Gasteiger partial charge in [-0.3, -0.25) is 4.90 Å². The molecule has 0 aromatic heterocycles. The number of rotatable bonds is 3. The fraction of sp³-hybridized carbons (Fsp3) is 0.500. The molecule has 76 valence electrons. The van der Waals surface area contributed by atoms with Gasteiger partial charge in [-0.15, -0.1) is 0 Å². The standard InChI is InChI=1S/C12H18N2/c1-14(12-7-8-13-9-12)10-11-5-3-2-4-6-11/h2-6,12-13H,7-10H2,1H3. The molecule has 14 heavy (non-hydrogen) atoms. The summed E-state index contributed by atoms with van der Waals surface area (Å²) >= 11 is 0. The third-order valence-corrected chi connectivity index (χ3v) is 2.93. The molecule has 2 heteroatoms. The van der Waals surface area contributed by atoms with Crippen LogP contribution in [0, 0.1) is 0 Å². The second kappa shape index (κ2) is 4.58. The lowest BCUT2D eigenvalue weighted by Gasteiger charge is -2.23. The Morgan fingerprint density at radius 3 is 2.79 bits per heavy atom. The van der Waals surface area contributed by atoms with E-state index >= 15 is 0 Å². The van der Waals surface area contributed by atoms with Gasteiger partial charge in [-0.25, -0.2) is 0 Å². The van der Waals surface area contributed by atoms with E-state index in [1.54, 1.807) is 0 Å². The average molecular weight is 190 g/mol. The van der Waals surface area contributed by atoms with Crippen molar-refractivity contribution < 1.29 is 0 Å². The largest absolute Gasteiger partial charge is 0.315 e. The van der Waals surface area contributed by atoms with Crippen LogP contribution in [0.3, 0.4) is 0 Å². The zero-order valence-electron chi connectivity index (χ0n) is 8.74. The summed E-state index contributed by atoms with van der Waals surface area (Å²) in [7, 11) is 2.21. The summed E-state index contributed by atoms with van der Waals surface area (Å²) in [5.74, 6) is 0. The monoisotopic (exact) mass is 190 g/mol. The predicted octanol–water partition coefficient (Wildman–Crippen LogP) is 1.48. The number of hydrogen-bond donors (Lipinski definition) is 1. The van der Waals surface area contributed by atoms with E-state index < -0.39 is 0 Å². The van der Waals surface area contributed by atoms with Gasteiger partial charge in [-0.05, 0) is 25.6 Å². The van der Waals surface area contributed by atoms with Crippen LogP contribution in [0.5, 0.6) is 0 Å². The molecule has 0 radical (unpaired) electrons. The van der Waals surface area contributed by atoms with Gasteiger partial charge in [0.25, 0.3) is 0 Å². The van der Waals surface area contributed by atoms with Gasteiger partial charge < -0.3 is 5.32 Å². The van der Waals surface area contributed by atoms with Gasteiger partial charge in [0.1, 0.15) is 0 Å². The summed E-state index contributed by atoms with van der Waals surface area (Å²) < 4.78 is 0. The molecule has 1 heterocycles. The van der Waals surface area contributed by atoms with Gasteiger partial charge in [-0.2, -0.15) is 0 Å². The predicted molar refractivity (Wildman–Crippen MR) is 59.2 cm³/mol. The molecule has 2 rings (SSSR count). The molecule has 1 saturated heterocycles. The maximum atomic E-state index is 3.40. The van der Waals surface area contributed by atoms with E-state index in [0.29, 0.717) is 0 Å². The summed E-state index contributed by atoms with van der Waals surface area (Å²) in [6.07, 6.45) is 1.28. The summed E-state index contributed by atoms with van der Waals surface area (Å²) in [6.45, 7) is 3.38.